The first kappa shape index (κ1) is 26.4. The number of morpholine rings is 1. The number of benzene rings is 1. The maximum atomic E-state index is 9.10. The number of carboxylic acid groups (broad SMARTS) is 2. The van der Waals surface area contributed by atoms with E-state index in [9.17, 15) is 0 Å². The van der Waals surface area contributed by atoms with Crippen LogP contribution in [0.15, 0.2) is 24.3 Å². The molecular formula is C22H34N2O7. The Bertz CT molecular complexity index is 676. The average Bonchev–Trinajstić information content (AvgIpc) is 2.77. The largest absolute Gasteiger partial charge is 0.493 e. The van der Waals surface area contributed by atoms with Gasteiger partial charge in [-0.25, -0.2) is 9.59 Å². The van der Waals surface area contributed by atoms with Crippen LogP contribution in [-0.4, -0.2) is 86.7 Å². The first-order chi connectivity index (χ1) is 15.0. The van der Waals surface area contributed by atoms with Gasteiger partial charge in [-0.2, -0.15) is 0 Å². The highest BCUT2D eigenvalue weighted by atomic mass is 16.5. The minimum atomic E-state index is -1.82. The predicted octanol–water partition coefficient (Wildman–Crippen LogP) is 1.96. The molecular weight excluding hydrogens is 404 g/mol. The number of ether oxygens (including phenoxy) is 3. The fraction of sp³-hybridized carbons (Fsp3) is 0.545. The lowest BCUT2D eigenvalue weighted by atomic mass is 10.2. The van der Waals surface area contributed by atoms with Gasteiger partial charge in [0, 0.05) is 26.2 Å². The fourth-order valence-corrected chi connectivity index (χ4v) is 2.82. The van der Waals surface area contributed by atoms with Crippen LogP contribution in [-0.2, 0) is 14.3 Å². The van der Waals surface area contributed by atoms with Crippen molar-refractivity contribution in [3.8, 4) is 11.5 Å². The van der Waals surface area contributed by atoms with Crippen molar-refractivity contribution in [2.24, 2.45) is 0 Å². The van der Waals surface area contributed by atoms with E-state index in [0.29, 0.717) is 6.61 Å². The molecule has 0 aliphatic carbocycles. The van der Waals surface area contributed by atoms with Crippen molar-refractivity contribution in [2.75, 3.05) is 59.7 Å². The van der Waals surface area contributed by atoms with E-state index >= 15 is 0 Å². The highest BCUT2D eigenvalue weighted by Crippen LogP contribution is 2.28. The van der Waals surface area contributed by atoms with Crippen LogP contribution in [0.25, 0.3) is 6.08 Å². The Hall–Kier alpha value is -2.62. The lowest BCUT2D eigenvalue weighted by Gasteiger charge is -2.26. The summed E-state index contributed by atoms with van der Waals surface area (Å²) in [6.07, 6.45) is 6.21. The lowest BCUT2D eigenvalue weighted by Crippen LogP contribution is -2.40. The number of nitrogens with zero attached hydrogens (tertiary/aromatic N) is 1. The van der Waals surface area contributed by atoms with Gasteiger partial charge in [-0.1, -0.05) is 18.2 Å². The molecule has 3 N–H and O–H groups in total. The van der Waals surface area contributed by atoms with Gasteiger partial charge in [0.05, 0.1) is 26.9 Å². The molecule has 0 saturated carbocycles. The van der Waals surface area contributed by atoms with E-state index in [4.69, 9.17) is 34.0 Å². The molecule has 0 aromatic heterocycles. The summed E-state index contributed by atoms with van der Waals surface area (Å²) in [6.45, 7) is 9.76. The van der Waals surface area contributed by atoms with E-state index < -0.39 is 11.9 Å². The summed E-state index contributed by atoms with van der Waals surface area (Å²) in [4.78, 5) is 20.6. The minimum absolute atomic E-state index is 0.713. The van der Waals surface area contributed by atoms with Gasteiger partial charge >= 0.3 is 11.9 Å². The van der Waals surface area contributed by atoms with Crippen molar-refractivity contribution in [3.63, 3.8) is 0 Å². The maximum Gasteiger partial charge on any atom is 0.414 e. The monoisotopic (exact) mass is 438 g/mol. The first-order valence-electron chi connectivity index (χ1n) is 10.4. The van der Waals surface area contributed by atoms with Crippen LogP contribution in [0.5, 0.6) is 11.5 Å². The van der Waals surface area contributed by atoms with Crippen LogP contribution >= 0.6 is 0 Å². The molecule has 31 heavy (non-hydrogen) atoms. The molecule has 0 radical (unpaired) electrons. The molecule has 0 spiro atoms. The number of unbranched alkanes of at least 4 members (excludes halogenated alkanes) is 1. The Kier molecular flexibility index (Phi) is 13.7. The van der Waals surface area contributed by atoms with E-state index in [0.717, 1.165) is 75.8 Å². The third-order valence-corrected chi connectivity index (χ3v) is 4.44. The summed E-state index contributed by atoms with van der Waals surface area (Å²) in [5.74, 6) is -2.04. The van der Waals surface area contributed by atoms with Gasteiger partial charge < -0.3 is 29.7 Å². The number of hydrogen-bond acceptors (Lipinski definition) is 7. The van der Waals surface area contributed by atoms with Crippen LogP contribution < -0.4 is 14.8 Å². The van der Waals surface area contributed by atoms with Crippen LogP contribution in [0.1, 0.15) is 25.3 Å². The topological polar surface area (TPSA) is 118 Å². The maximum absolute atomic E-state index is 9.10. The molecule has 1 heterocycles. The summed E-state index contributed by atoms with van der Waals surface area (Å²) in [5, 5.41) is 18.3. The van der Waals surface area contributed by atoms with Crippen molar-refractivity contribution in [1.82, 2.24) is 10.2 Å². The molecule has 9 heteroatoms. The second kappa shape index (κ2) is 16.1. The van der Waals surface area contributed by atoms with Crippen molar-refractivity contribution in [1.29, 1.82) is 0 Å². The second-order valence-electron chi connectivity index (χ2n) is 6.78. The van der Waals surface area contributed by atoms with Gasteiger partial charge in [-0.15, -0.1) is 0 Å². The smallest absolute Gasteiger partial charge is 0.414 e. The second-order valence-corrected chi connectivity index (χ2v) is 6.78. The number of carboxylic acids is 2. The normalized spacial score (nSPS) is 14.0. The van der Waals surface area contributed by atoms with Gasteiger partial charge in [0.15, 0.2) is 11.5 Å². The highest BCUT2D eigenvalue weighted by molar-refractivity contribution is 6.27. The summed E-state index contributed by atoms with van der Waals surface area (Å²) in [7, 11) is 1.68. The fourth-order valence-electron chi connectivity index (χ4n) is 2.82. The first-order valence-corrected chi connectivity index (χ1v) is 10.4. The molecule has 0 amide bonds. The molecule has 1 aromatic carbocycles. The molecule has 1 fully saturated rings. The average molecular weight is 439 g/mol. The highest BCUT2D eigenvalue weighted by Gasteiger charge is 2.09. The quantitative estimate of drug-likeness (QED) is 0.352. The molecule has 1 saturated heterocycles. The van der Waals surface area contributed by atoms with E-state index in [1.807, 2.05) is 31.2 Å². The number of nitrogens with one attached hydrogen (secondary N) is 1. The Morgan fingerprint density at radius 1 is 1.13 bits per heavy atom. The molecule has 0 atom stereocenters. The minimum Gasteiger partial charge on any atom is -0.493 e. The molecule has 0 unspecified atom stereocenters. The lowest BCUT2D eigenvalue weighted by molar-refractivity contribution is -0.159. The Morgan fingerprint density at radius 2 is 1.84 bits per heavy atom. The SMILES string of the molecule is C/C=C/c1ccc(OCCCCNCCN2CCOCC2)c(OC)c1.O=C(O)C(=O)O. The molecule has 1 aromatic rings. The van der Waals surface area contributed by atoms with Crippen molar-refractivity contribution >= 4 is 18.0 Å². The Balaban J connectivity index is 0.000000703. The van der Waals surface area contributed by atoms with Gasteiger partial charge in [-0.05, 0) is 44.0 Å². The zero-order valence-electron chi connectivity index (χ0n) is 18.3. The van der Waals surface area contributed by atoms with Crippen LogP contribution in [0.4, 0.5) is 0 Å². The third kappa shape index (κ3) is 12.0. The third-order valence-electron chi connectivity index (χ3n) is 4.44. The zero-order chi connectivity index (χ0) is 22.9. The summed E-state index contributed by atoms with van der Waals surface area (Å²) < 4.78 is 16.6. The van der Waals surface area contributed by atoms with E-state index in [-0.39, 0.29) is 0 Å². The summed E-state index contributed by atoms with van der Waals surface area (Å²) in [5.41, 5.74) is 1.12. The molecule has 9 nitrogen and oxygen atoms in total. The van der Waals surface area contributed by atoms with E-state index in [1.54, 1.807) is 7.11 Å². The Labute approximate surface area is 183 Å². The number of allylic oxidation sites excluding steroid dienone is 1. The molecule has 1 aliphatic heterocycles. The molecule has 2 rings (SSSR count). The van der Waals surface area contributed by atoms with Crippen molar-refractivity contribution < 1.29 is 34.0 Å². The number of hydrogen-bond donors (Lipinski definition) is 3. The predicted molar refractivity (Wildman–Crippen MR) is 118 cm³/mol. The summed E-state index contributed by atoms with van der Waals surface area (Å²) >= 11 is 0. The molecule has 1 aliphatic rings. The van der Waals surface area contributed by atoms with E-state index in [1.165, 1.54) is 0 Å². The van der Waals surface area contributed by atoms with Gasteiger partial charge in [-0.3, -0.25) is 4.90 Å². The van der Waals surface area contributed by atoms with Crippen molar-refractivity contribution in [3.05, 3.63) is 29.8 Å². The molecule has 0 bridgehead atoms. The number of rotatable bonds is 11. The van der Waals surface area contributed by atoms with E-state index in [2.05, 4.69) is 16.3 Å². The van der Waals surface area contributed by atoms with Gasteiger partial charge in [0.2, 0.25) is 0 Å². The summed E-state index contributed by atoms with van der Waals surface area (Å²) in [6, 6.07) is 6.03. The van der Waals surface area contributed by atoms with Crippen LogP contribution in [0.2, 0.25) is 0 Å². The van der Waals surface area contributed by atoms with Crippen LogP contribution in [0.3, 0.4) is 0 Å². The van der Waals surface area contributed by atoms with Gasteiger partial charge in [0.25, 0.3) is 0 Å². The standard InChI is InChI=1S/C20H32N2O3.C2H2O4/c1-3-6-18-7-8-19(20(17-18)23-2)25-14-5-4-9-21-10-11-22-12-15-24-16-13-22;3-1(4)2(5)6/h3,6-8,17,21H,4-5,9-16H2,1-2H3;(H,3,4)(H,5,6)/b6-3+;. The Morgan fingerprint density at radius 3 is 2.45 bits per heavy atom. The number of methoxy groups -OCH3 is 1. The molecule has 174 valence electrons. The van der Waals surface area contributed by atoms with Crippen LogP contribution in [0, 0.1) is 0 Å². The van der Waals surface area contributed by atoms with Gasteiger partial charge in [0.1, 0.15) is 0 Å². The van der Waals surface area contributed by atoms with Crippen molar-refractivity contribution in [2.45, 2.75) is 19.8 Å². The number of aliphatic carboxylic acids is 2. The zero-order valence-corrected chi connectivity index (χ0v) is 18.3. The number of carbonyl (C=O) groups is 2.